The topological polar surface area (TPSA) is 178 Å². The Kier molecular flexibility index (Phi) is 37.9. The van der Waals surface area contributed by atoms with Gasteiger partial charge < -0.3 is 34.3 Å². The van der Waals surface area contributed by atoms with Crippen molar-refractivity contribution < 1.29 is 56.2 Å². The van der Waals surface area contributed by atoms with Crippen molar-refractivity contribution in [2.75, 3.05) is 26.4 Å². The molecule has 0 spiro atoms. The molecule has 13 heteroatoms. The number of hydrogen-bond donors (Lipinski definition) is 4. The maximum absolute atomic E-state index is 12.9. The predicted molar refractivity (Wildman–Crippen MR) is 244 cm³/mol. The van der Waals surface area contributed by atoms with Crippen molar-refractivity contribution >= 4 is 16.4 Å². The van der Waals surface area contributed by atoms with Crippen LogP contribution in [0.2, 0.25) is 0 Å². The lowest BCUT2D eigenvalue weighted by atomic mass is 9.99. The van der Waals surface area contributed by atoms with Gasteiger partial charge in [-0.15, -0.1) is 0 Å². The minimum Gasteiger partial charge on any atom is -0.457 e. The van der Waals surface area contributed by atoms with Gasteiger partial charge in [-0.1, -0.05) is 167 Å². The third-order valence-corrected chi connectivity index (χ3v) is 11.8. The zero-order valence-corrected chi connectivity index (χ0v) is 39.3. The third-order valence-electron chi connectivity index (χ3n) is 11.3. The summed E-state index contributed by atoms with van der Waals surface area (Å²) in [6.07, 6.45) is 36.3. The van der Waals surface area contributed by atoms with Gasteiger partial charge in [-0.2, -0.15) is 8.42 Å². The lowest BCUT2D eigenvalue weighted by Gasteiger charge is -2.41. The third kappa shape index (κ3) is 33.7. The Balaban J connectivity index is 2.38. The molecule has 0 aromatic heterocycles. The molecule has 12 nitrogen and oxygen atoms in total. The molecule has 1 aliphatic rings. The summed E-state index contributed by atoms with van der Waals surface area (Å²) < 4.78 is 59.2. The summed E-state index contributed by atoms with van der Waals surface area (Å²) in [5.74, 6) is -0.401. The van der Waals surface area contributed by atoms with Crippen molar-refractivity contribution in [2.45, 2.75) is 250 Å². The van der Waals surface area contributed by atoms with Gasteiger partial charge in [0.05, 0.1) is 19.8 Å². The van der Waals surface area contributed by atoms with E-state index in [0.29, 0.717) is 13.0 Å². The Bertz CT molecular complexity index is 1170. The van der Waals surface area contributed by atoms with E-state index in [-0.39, 0.29) is 19.6 Å². The van der Waals surface area contributed by atoms with Crippen LogP contribution in [-0.2, 0) is 38.3 Å². The Morgan fingerprint density at radius 2 is 1.03 bits per heavy atom. The molecule has 0 radical (unpaired) electrons. The fourth-order valence-corrected chi connectivity index (χ4v) is 8.05. The summed E-state index contributed by atoms with van der Waals surface area (Å²) in [5, 5.41) is 30.7. The normalized spacial score (nSPS) is 20.3. The number of allylic oxidation sites excluding steroid dienone is 4. The first-order chi connectivity index (χ1) is 29.6. The number of aliphatic hydroxyl groups is 3. The van der Waals surface area contributed by atoms with E-state index in [1.807, 2.05) is 0 Å². The first-order valence-corrected chi connectivity index (χ1v) is 26.0. The molecule has 0 amide bonds. The van der Waals surface area contributed by atoms with E-state index in [4.69, 9.17) is 18.9 Å². The van der Waals surface area contributed by atoms with Gasteiger partial charge in [-0.25, -0.2) is 4.18 Å². The molecule has 1 rings (SSSR count). The van der Waals surface area contributed by atoms with Crippen molar-refractivity contribution in [1.82, 2.24) is 0 Å². The van der Waals surface area contributed by atoms with Crippen LogP contribution in [-0.4, -0.2) is 97.5 Å². The van der Waals surface area contributed by atoms with Crippen LogP contribution in [0.4, 0.5) is 0 Å². The first-order valence-electron chi connectivity index (χ1n) is 24.6. The van der Waals surface area contributed by atoms with Crippen molar-refractivity contribution in [3.63, 3.8) is 0 Å². The molecule has 0 aromatic rings. The molecule has 6 unspecified atom stereocenters. The molecule has 360 valence electrons. The summed E-state index contributed by atoms with van der Waals surface area (Å²) in [6.45, 7) is 3.98. The second-order valence-electron chi connectivity index (χ2n) is 17.0. The quantitative estimate of drug-likeness (QED) is 0.0197. The highest BCUT2D eigenvalue weighted by Gasteiger charge is 2.48. The Morgan fingerprint density at radius 1 is 0.607 bits per heavy atom. The number of hydrogen-bond acceptors (Lipinski definition) is 11. The van der Waals surface area contributed by atoms with Crippen molar-refractivity contribution in [2.24, 2.45) is 0 Å². The fraction of sp³-hybridized carbons (Fsp3) is 0.896. The van der Waals surface area contributed by atoms with Gasteiger partial charge in [0.15, 0.2) is 6.29 Å². The van der Waals surface area contributed by atoms with Crippen LogP contribution in [0.25, 0.3) is 0 Å². The maximum atomic E-state index is 12.9. The van der Waals surface area contributed by atoms with Gasteiger partial charge >= 0.3 is 16.4 Å². The van der Waals surface area contributed by atoms with Gasteiger partial charge in [0.25, 0.3) is 0 Å². The summed E-state index contributed by atoms with van der Waals surface area (Å²) in [4.78, 5) is 12.9. The minimum absolute atomic E-state index is 0.0337. The fourth-order valence-electron chi connectivity index (χ4n) is 7.54. The van der Waals surface area contributed by atoms with E-state index in [9.17, 15) is 33.1 Å². The Hall–Kier alpha value is -1.42. The zero-order chi connectivity index (χ0) is 44.7. The van der Waals surface area contributed by atoms with E-state index in [0.717, 1.165) is 44.9 Å². The number of carbonyl (C=O) groups is 1. The molecular formula is C48H90O12S. The number of rotatable bonds is 43. The van der Waals surface area contributed by atoms with Crippen LogP contribution in [0, 0.1) is 0 Å². The van der Waals surface area contributed by atoms with Crippen LogP contribution in [0.5, 0.6) is 0 Å². The highest BCUT2D eigenvalue weighted by molar-refractivity contribution is 7.80. The second kappa shape index (κ2) is 40.1. The Labute approximate surface area is 371 Å². The smallest absolute Gasteiger partial charge is 0.397 e. The molecule has 1 saturated heterocycles. The molecule has 0 saturated carbocycles. The first kappa shape index (κ1) is 57.6. The number of aliphatic hydroxyl groups excluding tert-OH is 3. The SMILES string of the molecule is CCCCCCC/C=C\CCCCCCCCOCC(COC1OC(CO)C(O)C(OS(=O)(=O)O)C1O)OC(=O)CCCCCCCCCCC/C=C\CCCCCCCC. The van der Waals surface area contributed by atoms with Gasteiger partial charge in [0.2, 0.25) is 0 Å². The number of carbonyl (C=O) groups excluding carboxylic acids is 1. The molecule has 0 aromatic carbocycles. The average Bonchev–Trinajstić information content (AvgIpc) is 3.23. The van der Waals surface area contributed by atoms with Crippen molar-refractivity contribution in [3.8, 4) is 0 Å². The summed E-state index contributed by atoms with van der Waals surface area (Å²) in [6, 6.07) is 0. The molecule has 1 aliphatic heterocycles. The standard InChI is InChI=1S/C48H90O12S/c1-3-5-7-9-11-13-15-17-19-20-21-22-23-25-27-29-31-33-35-37-44(50)58-42(41-57-48-46(52)47(60-61(53,54)55)45(51)43(39-49)59-48)40-56-38-36-34-32-30-28-26-24-18-16-14-12-10-8-6-4-2/h16-19,42-43,45-49,51-52H,3-15,20-41H2,1-2H3,(H,53,54,55)/b18-16-,19-17-. The largest absolute Gasteiger partial charge is 0.457 e. The molecule has 61 heavy (non-hydrogen) atoms. The van der Waals surface area contributed by atoms with Crippen LogP contribution in [0.3, 0.4) is 0 Å². The van der Waals surface area contributed by atoms with Gasteiger partial charge in [-0.05, 0) is 64.2 Å². The summed E-state index contributed by atoms with van der Waals surface area (Å²) >= 11 is 0. The molecule has 6 atom stereocenters. The van der Waals surface area contributed by atoms with Gasteiger partial charge in [0, 0.05) is 13.0 Å². The number of ether oxygens (including phenoxy) is 4. The minimum atomic E-state index is -5.06. The maximum Gasteiger partial charge on any atom is 0.397 e. The highest BCUT2D eigenvalue weighted by atomic mass is 32.3. The van der Waals surface area contributed by atoms with Gasteiger partial charge in [0.1, 0.15) is 30.5 Å². The molecule has 4 N–H and O–H groups in total. The lowest BCUT2D eigenvalue weighted by molar-refractivity contribution is -0.301. The summed E-state index contributed by atoms with van der Waals surface area (Å²) in [5.41, 5.74) is 0. The highest BCUT2D eigenvalue weighted by Crippen LogP contribution is 2.26. The number of unbranched alkanes of at least 4 members (excludes halogenated alkanes) is 26. The second-order valence-corrected chi connectivity index (χ2v) is 18.1. The van der Waals surface area contributed by atoms with Crippen LogP contribution >= 0.6 is 0 Å². The number of esters is 1. The molecule has 0 aliphatic carbocycles. The Morgan fingerprint density at radius 3 is 1.48 bits per heavy atom. The molecule has 1 fully saturated rings. The average molecular weight is 891 g/mol. The van der Waals surface area contributed by atoms with Gasteiger partial charge in [-0.3, -0.25) is 9.35 Å². The predicted octanol–water partition coefficient (Wildman–Crippen LogP) is 10.8. The molecule has 1 heterocycles. The van der Waals surface area contributed by atoms with Crippen molar-refractivity contribution in [3.05, 3.63) is 24.3 Å². The van der Waals surface area contributed by atoms with E-state index in [2.05, 4.69) is 42.3 Å². The van der Waals surface area contributed by atoms with E-state index >= 15 is 0 Å². The zero-order valence-electron chi connectivity index (χ0n) is 38.5. The van der Waals surface area contributed by atoms with E-state index in [1.54, 1.807) is 0 Å². The van der Waals surface area contributed by atoms with E-state index < -0.39 is 59.8 Å². The van der Waals surface area contributed by atoms with Crippen LogP contribution in [0.1, 0.15) is 213 Å². The van der Waals surface area contributed by atoms with Crippen LogP contribution < -0.4 is 0 Å². The molecule has 0 bridgehead atoms. The van der Waals surface area contributed by atoms with Crippen LogP contribution in [0.15, 0.2) is 24.3 Å². The monoisotopic (exact) mass is 891 g/mol. The van der Waals surface area contributed by atoms with Crippen molar-refractivity contribution in [1.29, 1.82) is 0 Å². The lowest BCUT2D eigenvalue weighted by Crippen LogP contribution is -2.60. The summed E-state index contributed by atoms with van der Waals surface area (Å²) in [7, 11) is -5.06. The van der Waals surface area contributed by atoms with E-state index in [1.165, 1.54) is 141 Å². The molecular weight excluding hydrogens is 801 g/mol.